The van der Waals surface area contributed by atoms with E-state index in [0.717, 1.165) is 12.8 Å². The SMILES string of the molecule is CCCCCCCCCCCCOC(CC)[N+](C)(C(C)O)C(C)O.[Cl-]. The lowest BCUT2D eigenvalue weighted by Crippen LogP contribution is -3.00. The fourth-order valence-electron chi connectivity index (χ4n) is 3.27. The summed E-state index contributed by atoms with van der Waals surface area (Å²) >= 11 is 0. The van der Waals surface area contributed by atoms with Gasteiger partial charge in [-0.3, -0.25) is 4.48 Å². The first kappa shape index (κ1) is 27.3. The maximum absolute atomic E-state index is 10.1. The zero-order chi connectivity index (χ0) is 18.4. The average Bonchev–Trinajstić information content (AvgIpc) is 2.55. The molecule has 0 saturated heterocycles. The molecule has 0 aromatic heterocycles. The molecule has 4 nitrogen and oxygen atoms in total. The summed E-state index contributed by atoms with van der Waals surface area (Å²) in [5.41, 5.74) is 0. The first-order valence-corrected chi connectivity index (χ1v) is 10.2. The van der Waals surface area contributed by atoms with Crippen molar-refractivity contribution in [2.75, 3.05) is 13.7 Å². The lowest BCUT2D eigenvalue weighted by atomic mass is 10.1. The minimum absolute atomic E-state index is 0. The number of rotatable bonds is 16. The van der Waals surface area contributed by atoms with Crippen LogP contribution < -0.4 is 12.4 Å². The third-order valence-corrected chi connectivity index (χ3v) is 5.39. The number of aliphatic hydroxyl groups is 2. The second-order valence-electron chi connectivity index (χ2n) is 7.40. The van der Waals surface area contributed by atoms with Gasteiger partial charge in [-0.1, -0.05) is 71.6 Å². The van der Waals surface area contributed by atoms with Crippen molar-refractivity contribution < 1.29 is 31.8 Å². The van der Waals surface area contributed by atoms with Crippen LogP contribution in [-0.2, 0) is 4.74 Å². The molecule has 0 saturated carbocycles. The highest BCUT2D eigenvalue weighted by Gasteiger charge is 2.40. The van der Waals surface area contributed by atoms with Crippen LogP contribution in [0.4, 0.5) is 0 Å². The second-order valence-corrected chi connectivity index (χ2v) is 7.40. The molecule has 0 aliphatic rings. The van der Waals surface area contributed by atoms with E-state index in [4.69, 9.17) is 4.74 Å². The molecule has 0 aromatic carbocycles. The minimum atomic E-state index is -0.650. The van der Waals surface area contributed by atoms with Crippen LogP contribution >= 0.6 is 0 Å². The summed E-state index contributed by atoms with van der Waals surface area (Å²) in [5.74, 6) is 0. The highest BCUT2D eigenvalue weighted by atomic mass is 35.5. The molecule has 0 radical (unpaired) electrons. The predicted octanol–water partition coefficient (Wildman–Crippen LogP) is 1.79. The molecule has 0 amide bonds. The topological polar surface area (TPSA) is 49.7 Å². The van der Waals surface area contributed by atoms with Gasteiger partial charge in [0.1, 0.15) is 0 Å². The van der Waals surface area contributed by atoms with Crippen molar-refractivity contribution in [1.29, 1.82) is 0 Å². The van der Waals surface area contributed by atoms with Crippen molar-refractivity contribution in [1.82, 2.24) is 0 Å². The summed E-state index contributed by atoms with van der Waals surface area (Å²) in [6.45, 7) is 8.46. The van der Waals surface area contributed by atoms with Gasteiger partial charge < -0.3 is 27.4 Å². The summed E-state index contributed by atoms with van der Waals surface area (Å²) in [5, 5.41) is 20.1. The van der Waals surface area contributed by atoms with Crippen molar-refractivity contribution in [3.63, 3.8) is 0 Å². The van der Waals surface area contributed by atoms with Gasteiger partial charge in [0.15, 0.2) is 18.7 Å². The standard InChI is InChI=1S/C20H44NO3.ClH/c1-6-8-9-10-11-12-13-14-15-16-17-24-20(7-2)21(5,18(3)22)19(4)23;/h18-20,22-23H,6-17H2,1-5H3;1H/q+1;/p-1. The van der Waals surface area contributed by atoms with Gasteiger partial charge in [0, 0.05) is 20.3 Å². The zero-order valence-corrected chi connectivity index (χ0v) is 18.1. The van der Waals surface area contributed by atoms with Crippen molar-refractivity contribution in [2.45, 2.75) is 117 Å². The quantitative estimate of drug-likeness (QED) is 0.243. The number of unbranched alkanes of at least 4 members (excludes halogenated alkanes) is 9. The number of hydrogen-bond acceptors (Lipinski definition) is 3. The summed E-state index contributed by atoms with van der Waals surface area (Å²) in [7, 11) is 1.86. The van der Waals surface area contributed by atoms with E-state index in [1.54, 1.807) is 13.8 Å². The van der Waals surface area contributed by atoms with Crippen molar-refractivity contribution in [3.05, 3.63) is 0 Å². The van der Waals surface area contributed by atoms with Gasteiger partial charge in [-0.15, -0.1) is 0 Å². The first-order chi connectivity index (χ1) is 11.4. The van der Waals surface area contributed by atoms with Crippen molar-refractivity contribution in [2.24, 2.45) is 0 Å². The molecular weight excluding hydrogens is 338 g/mol. The number of nitrogens with zero attached hydrogens (tertiary/aromatic N) is 1. The van der Waals surface area contributed by atoms with E-state index in [1.165, 1.54) is 57.8 Å². The Morgan fingerprint density at radius 1 is 0.760 bits per heavy atom. The summed E-state index contributed by atoms with van der Waals surface area (Å²) in [6.07, 6.45) is 12.4. The van der Waals surface area contributed by atoms with Crippen LogP contribution in [0.2, 0.25) is 0 Å². The van der Waals surface area contributed by atoms with Crippen LogP contribution in [0.25, 0.3) is 0 Å². The molecule has 0 bridgehead atoms. The van der Waals surface area contributed by atoms with Gasteiger partial charge in [-0.05, 0) is 6.42 Å². The van der Waals surface area contributed by atoms with Crippen molar-refractivity contribution >= 4 is 0 Å². The number of aliphatic hydroxyl groups excluding tert-OH is 2. The Bertz CT molecular complexity index is 280. The Hall–Kier alpha value is 0.130. The lowest BCUT2D eigenvalue weighted by Gasteiger charge is -2.44. The van der Waals surface area contributed by atoms with E-state index in [1.807, 2.05) is 14.0 Å². The van der Waals surface area contributed by atoms with E-state index in [0.29, 0.717) is 6.61 Å². The van der Waals surface area contributed by atoms with Gasteiger partial charge in [0.05, 0.1) is 13.7 Å². The molecule has 154 valence electrons. The Kier molecular flexibility index (Phi) is 17.8. The molecule has 3 atom stereocenters. The monoisotopic (exact) mass is 381 g/mol. The van der Waals surface area contributed by atoms with Crippen LogP contribution in [0.1, 0.15) is 98.3 Å². The largest absolute Gasteiger partial charge is 1.00 e. The summed E-state index contributed by atoms with van der Waals surface area (Å²) < 4.78 is 6.14. The molecule has 0 aromatic rings. The third kappa shape index (κ3) is 10.8. The Balaban J connectivity index is 0. The minimum Gasteiger partial charge on any atom is -1.00 e. The third-order valence-electron chi connectivity index (χ3n) is 5.39. The second kappa shape index (κ2) is 16.3. The van der Waals surface area contributed by atoms with Crippen molar-refractivity contribution in [3.8, 4) is 0 Å². The smallest absolute Gasteiger partial charge is 0.196 e. The molecule has 3 unspecified atom stereocenters. The van der Waals surface area contributed by atoms with E-state index in [2.05, 4.69) is 6.92 Å². The Morgan fingerprint density at radius 2 is 1.16 bits per heavy atom. The van der Waals surface area contributed by atoms with Crippen LogP contribution in [0, 0.1) is 0 Å². The summed E-state index contributed by atoms with van der Waals surface area (Å²) in [4.78, 5) is 0. The lowest BCUT2D eigenvalue weighted by molar-refractivity contribution is -1.03. The van der Waals surface area contributed by atoms with Gasteiger partial charge in [0.25, 0.3) is 0 Å². The van der Waals surface area contributed by atoms with E-state index in [9.17, 15) is 10.2 Å². The molecule has 2 N–H and O–H groups in total. The molecule has 5 heteroatoms. The normalized spacial score (nSPS) is 17.4. The average molecular weight is 382 g/mol. The molecule has 25 heavy (non-hydrogen) atoms. The molecule has 0 rings (SSSR count). The summed E-state index contributed by atoms with van der Waals surface area (Å²) in [6, 6.07) is 0. The zero-order valence-electron chi connectivity index (χ0n) is 17.3. The van der Waals surface area contributed by atoms with Gasteiger partial charge >= 0.3 is 0 Å². The van der Waals surface area contributed by atoms with E-state index in [-0.39, 0.29) is 23.1 Å². The fourth-order valence-corrected chi connectivity index (χ4v) is 3.27. The van der Waals surface area contributed by atoms with E-state index >= 15 is 0 Å². The number of ether oxygens (including phenoxy) is 1. The van der Waals surface area contributed by atoms with Crippen LogP contribution in [-0.4, -0.2) is 47.0 Å². The number of halogens is 1. The van der Waals surface area contributed by atoms with Crippen LogP contribution in [0.5, 0.6) is 0 Å². The molecular formula is C20H44ClNO3. The number of hydrogen-bond donors (Lipinski definition) is 2. The molecule has 0 aliphatic carbocycles. The Morgan fingerprint density at radius 3 is 1.52 bits per heavy atom. The van der Waals surface area contributed by atoms with Gasteiger partial charge in [0.2, 0.25) is 0 Å². The highest BCUT2D eigenvalue weighted by Crippen LogP contribution is 2.22. The molecule has 0 spiro atoms. The predicted molar refractivity (Wildman–Crippen MR) is 101 cm³/mol. The molecule has 0 fully saturated rings. The van der Waals surface area contributed by atoms with Crippen LogP contribution in [0.15, 0.2) is 0 Å². The van der Waals surface area contributed by atoms with Gasteiger partial charge in [-0.2, -0.15) is 0 Å². The highest BCUT2D eigenvalue weighted by molar-refractivity contribution is 4.51. The maximum atomic E-state index is 10.1. The molecule has 0 aliphatic heterocycles. The van der Waals surface area contributed by atoms with Gasteiger partial charge in [-0.25, -0.2) is 0 Å². The Labute approximate surface area is 162 Å². The number of quaternary nitrogens is 1. The van der Waals surface area contributed by atoms with E-state index < -0.39 is 12.5 Å². The maximum Gasteiger partial charge on any atom is 0.196 e. The van der Waals surface area contributed by atoms with Crippen LogP contribution in [0.3, 0.4) is 0 Å². The first-order valence-electron chi connectivity index (χ1n) is 10.2. The fraction of sp³-hybridized carbons (Fsp3) is 1.00. The molecule has 0 heterocycles.